The molecule has 1 saturated heterocycles. The highest BCUT2D eigenvalue weighted by atomic mass is 32.1. The highest BCUT2D eigenvalue weighted by Gasteiger charge is 2.43. The van der Waals surface area contributed by atoms with Gasteiger partial charge in [-0.25, -0.2) is 0 Å². The number of nitrogens with one attached hydrogen (secondary N) is 2. The highest BCUT2D eigenvalue weighted by Crippen LogP contribution is 2.29. The second kappa shape index (κ2) is 7.29. The fraction of sp³-hybridized carbons (Fsp3) is 0.583. The summed E-state index contributed by atoms with van der Waals surface area (Å²) in [7, 11) is 0. The van der Waals surface area contributed by atoms with Crippen LogP contribution in [0.2, 0.25) is 0 Å². The summed E-state index contributed by atoms with van der Waals surface area (Å²) < 4.78 is 6.56. The smallest absolute Gasteiger partial charge is 0.317 e. The lowest BCUT2D eigenvalue weighted by atomic mass is 10.1. The SMILES string of the molecule is O=C(O)CNCc1cn([C@@H]2O[C@H](CO)C(O)[C@@H]2O)c(=S)[nH]c1=O. The minimum absolute atomic E-state index is 0.0353. The molecule has 0 spiro atoms. The van der Waals surface area contributed by atoms with Crippen molar-refractivity contribution in [3.05, 3.63) is 26.9 Å². The Balaban J connectivity index is 2.27. The van der Waals surface area contributed by atoms with Crippen molar-refractivity contribution in [3.63, 3.8) is 0 Å². The van der Waals surface area contributed by atoms with E-state index in [1.807, 2.05) is 0 Å². The number of rotatable bonds is 6. The van der Waals surface area contributed by atoms with E-state index in [4.69, 9.17) is 27.2 Å². The monoisotopic (exact) mass is 347 g/mol. The molecule has 0 aliphatic carbocycles. The molecule has 0 amide bonds. The van der Waals surface area contributed by atoms with Gasteiger partial charge in [0.05, 0.1) is 13.2 Å². The van der Waals surface area contributed by atoms with E-state index in [2.05, 4.69) is 10.3 Å². The summed E-state index contributed by atoms with van der Waals surface area (Å²) >= 11 is 5.01. The number of aliphatic hydroxyl groups is 3. The third kappa shape index (κ3) is 3.83. The Bertz CT molecular complexity index is 688. The second-order valence-electron chi connectivity index (χ2n) is 5.05. The van der Waals surface area contributed by atoms with Gasteiger partial charge in [-0.2, -0.15) is 0 Å². The fourth-order valence-electron chi connectivity index (χ4n) is 2.26. The molecule has 128 valence electrons. The molecular formula is C12H17N3O7S. The van der Waals surface area contributed by atoms with E-state index in [1.165, 1.54) is 10.8 Å². The first kappa shape index (κ1) is 17.7. The van der Waals surface area contributed by atoms with E-state index in [1.54, 1.807) is 0 Å². The maximum atomic E-state index is 11.8. The number of aromatic nitrogens is 2. The number of aliphatic carboxylic acids is 1. The predicted octanol–water partition coefficient (Wildman–Crippen LogP) is -2.31. The number of ether oxygens (including phenoxy) is 1. The van der Waals surface area contributed by atoms with Crippen molar-refractivity contribution in [2.45, 2.75) is 31.1 Å². The molecule has 1 fully saturated rings. The van der Waals surface area contributed by atoms with Crippen LogP contribution in [0.4, 0.5) is 0 Å². The summed E-state index contributed by atoms with van der Waals surface area (Å²) in [6, 6.07) is 0. The number of aliphatic hydroxyl groups excluding tert-OH is 3. The van der Waals surface area contributed by atoms with Gasteiger partial charge in [-0.3, -0.25) is 19.1 Å². The van der Waals surface area contributed by atoms with Crippen molar-refractivity contribution in [3.8, 4) is 0 Å². The van der Waals surface area contributed by atoms with Crippen molar-refractivity contribution in [2.75, 3.05) is 13.2 Å². The van der Waals surface area contributed by atoms with E-state index in [0.29, 0.717) is 0 Å². The summed E-state index contributed by atoms with van der Waals surface area (Å²) in [5.74, 6) is -1.07. The quantitative estimate of drug-likeness (QED) is 0.311. The van der Waals surface area contributed by atoms with Crippen molar-refractivity contribution in [1.29, 1.82) is 0 Å². The first-order valence-electron chi connectivity index (χ1n) is 6.74. The Kier molecular flexibility index (Phi) is 5.62. The van der Waals surface area contributed by atoms with Crippen LogP contribution in [-0.2, 0) is 16.1 Å². The fourth-order valence-corrected chi connectivity index (χ4v) is 2.51. The molecule has 1 aliphatic rings. The summed E-state index contributed by atoms with van der Waals surface area (Å²) in [5, 5.41) is 40.0. The van der Waals surface area contributed by atoms with Gasteiger partial charge in [-0.05, 0) is 12.2 Å². The Morgan fingerprint density at radius 3 is 2.70 bits per heavy atom. The van der Waals surface area contributed by atoms with Gasteiger partial charge in [0, 0.05) is 18.3 Å². The number of H-pyrrole nitrogens is 1. The lowest BCUT2D eigenvalue weighted by molar-refractivity contribution is -0.136. The summed E-state index contributed by atoms with van der Waals surface area (Å²) in [6.07, 6.45) is -3.38. The molecule has 6 N–H and O–H groups in total. The van der Waals surface area contributed by atoms with Crippen molar-refractivity contribution >= 4 is 18.2 Å². The Labute approximate surface area is 135 Å². The first-order valence-corrected chi connectivity index (χ1v) is 7.15. The number of carbonyl (C=O) groups is 1. The van der Waals surface area contributed by atoms with E-state index in [9.17, 15) is 19.8 Å². The second-order valence-corrected chi connectivity index (χ2v) is 5.43. The number of carboxylic acid groups (broad SMARTS) is 1. The van der Waals surface area contributed by atoms with E-state index >= 15 is 0 Å². The summed E-state index contributed by atoms with van der Waals surface area (Å²) in [5.41, 5.74) is -0.325. The first-order chi connectivity index (χ1) is 10.8. The molecule has 2 heterocycles. The third-order valence-corrected chi connectivity index (χ3v) is 3.74. The van der Waals surface area contributed by atoms with Gasteiger partial charge >= 0.3 is 5.97 Å². The highest BCUT2D eigenvalue weighted by molar-refractivity contribution is 7.71. The third-order valence-electron chi connectivity index (χ3n) is 3.42. The van der Waals surface area contributed by atoms with E-state index < -0.39 is 42.7 Å². The van der Waals surface area contributed by atoms with E-state index in [-0.39, 0.29) is 23.4 Å². The number of nitrogens with zero attached hydrogens (tertiary/aromatic N) is 1. The minimum Gasteiger partial charge on any atom is -0.480 e. The topological polar surface area (TPSA) is 157 Å². The zero-order valence-electron chi connectivity index (χ0n) is 11.9. The van der Waals surface area contributed by atoms with Crippen LogP contribution in [0.15, 0.2) is 11.0 Å². The number of hydrogen-bond acceptors (Lipinski definition) is 8. The van der Waals surface area contributed by atoms with Gasteiger partial charge in [0.2, 0.25) is 0 Å². The molecular weight excluding hydrogens is 330 g/mol. The van der Waals surface area contributed by atoms with Crippen molar-refractivity contribution < 1.29 is 30.0 Å². The Morgan fingerprint density at radius 1 is 1.43 bits per heavy atom. The molecule has 1 aliphatic heterocycles. The Hall–Kier alpha value is -1.63. The number of hydrogen-bond donors (Lipinski definition) is 6. The summed E-state index contributed by atoms with van der Waals surface area (Å²) in [4.78, 5) is 24.7. The molecule has 0 bridgehead atoms. The molecule has 2 rings (SSSR count). The zero-order chi connectivity index (χ0) is 17.1. The number of aromatic amines is 1. The zero-order valence-corrected chi connectivity index (χ0v) is 12.7. The molecule has 10 nitrogen and oxygen atoms in total. The predicted molar refractivity (Wildman–Crippen MR) is 78.2 cm³/mol. The van der Waals surface area contributed by atoms with Crippen LogP contribution in [0, 0.1) is 4.77 Å². The van der Waals surface area contributed by atoms with Gasteiger partial charge in [0.15, 0.2) is 11.0 Å². The van der Waals surface area contributed by atoms with Crippen molar-refractivity contribution in [1.82, 2.24) is 14.9 Å². The maximum absolute atomic E-state index is 11.8. The molecule has 1 aromatic rings. The van der Waals surface area contributed by atoms with Gasteiger partial charge in [0.25, 0.3) is 5.56 Å². The molecule has 1 aromatic heterocycles. The van der Waals surface area contributed by atoms with Gasteiger partial charge < -0.3 is 30.5 Å². The van der Waals surface area contributed by atoms with Crippen LogP contribution >= 0.6 is 12.2 Å². The van der Waals surface area contributed by atoms with Crippen LogP contribution in [0.3, 0.4) is 0 Å². The Morgan fingerprint density at radius 2 is 2.13 bits per heavy atom. The van der Waals surface area contributed by atoms with Crippen LogP contribution in [-0.4, -0.2) is 67.4 Å². The molecule has 11 heteroatoms. The minimum atomic E-state index is -1.34. The summed E-state index contributed by atoms with van der Waals surface area (Å²) in [6.45, 7) is -0.854. The van der Waals surface area contributed by atoms with Gasteiger partial charge in [0.1, 0.15) is 18.3 Å². The normalized spacial score (nSPS) is 27.3. The lowest BCUT2D eigenvalue weighted by Gasteiger charge is -2.19. The number of carboxylic acids is 1. The van der Waals surface area contributed by atoms with Crippen molar-refractivity contribution in [2.24, 2.45) is 0 Å². The van der Waals surface area contributed by atoms with Crippen LogP contribution in [0.5, 0.6) is 0 Å². The molecule has 0 radical (unpaired) electrons. The van der Waals surface area contributed by atoms with E-state index in [0.717, 1.165) is 0 Å². The average Bonchev–Trinajstić information content (AvgIpc) is 2.77. The maximum Gasteiger partial charge on any atom is 0.317 e. The largest absolute Gasteiger partial charge is 0.480 e. The lowest BCUT2D eigenvalue weighted by Crippen LogP contribution is -2.34. The molecule has 0 saturated carbocycles. The van der Waals surface area contributed by atoms with Crippen LogP contribution in [0.25, 0.3) is 0 Å². The average molecular weight is 347 g/mol. The molecule has 0 aromatic carbocycles. The van der Waals surface area contributed by atoms with Crippen LogP contribution in [0.1, 0.15) is 11.8 Å². The van der Waals surface area contributed by atoms with Crippen LogP contribution < -0.4 is 10.9 Å². The molecule has 23 heavy (non-hydrogen) atoms. The molecule has 4 atom stereocenters. The van der Waals surface area contributed by atoms with Gasteiger partial charge in [-0.15, -0.1) is 0 Å². The van der Waals surface area contributed by atoms with Gasteiger partial charge in [-0.1, -0.05) is 0 Å². The standard InChI is InChI=1S/C12H17N3O7S/c16-4-6-8(19)9(20)11(22-6)15-3-5(1-13-2-7(17)18)10(21)14-12(15)23/h3,6,8-9,11,13,16,19-20H,1-2,4H2,(H,17,18)(H,14,21,23)/t6-,8?,9+,11-/m1/s1. The molecule has 1 unspecified atom stereocenters.